The van der Waals surface area contributed by atoms with E-state index in [-0.39, 0.29) is 11.4 Å². The standard InChI is InChI=1S/C12H18FN3OS/c1-12(2,14)7-18-6-9-5-8(11(17)16-15)3-4-10(9)13/h3-5H,6-7,14-15H2,1-2H3,(H,16,17). The molecule has 0 atom stereocenters. The minimum absolute atomic E-state index is 0.298. The fourth-order valence-corrected chi connectivity index (χ4v) is 2.40. The molecule has 0 aliphatic carbocycles. The van der Waals surface area contributed by atoms with E-state index in [9.17, 15) is 9.18 Å². The van der Waals surface area contributed by atoms with Crippen LogP contribution in [0.4, 0.5) is 4.39 Å². The van der Waals surface area contributed by atoms with E-state index in [0.29, 0.717) is 22.6 Å². The molecule has 0 saturated heterocycles. The lowest BCUT2D eigenvalue weighted by molar-refractivity contribution is 0.0953. The molecule has 0 bridgehead atoms. The summed E-state index contributed by atoms with van der Waals surface area (Å²) in [6.07, 6.45) is 0. The molecule has 0 aliphatic heterocycles. The van der Waals surface area contributed by atoms with Gasteiger partial charge in [0.25, 0.3) is 5.91 Å². The number of hydrazine groups is 1. The predicted octanol–water partition coefficient (Wildman–Crippen LogP) is 1.40. The van der Waals surface area contributed by atoms with Crippen LogP contribution in [0.3, 0.4) is 0 Å². The lowest BCUT2D eigenvalue weighted by atomic mass is 10.1. The van der Waals surface area contributed by atoms with Gasteiger partial charge in [-0.05, 0) is 37.6 Å². The Balaban J connectivity index is 2.73. The number of hydrogen-bond acceptors (Lipinski definition) is 4. The van der Waals surface area contributed by atoms with E-state index in [1.165, 1.54) is 30.0 Å². The number of carbonyl (C=O) groups is 1. The molecule has 0 saturated carbocycles. The number of carbonyl (C=O) groups excluding carboxylic acids is 1. The summed E-state index contributed by atoms with van der Waals surface area (Å²) in [5.41, 5.74) is 8.39. The zero-order chi connectivity index (χ0) is 13.8. The average molecular weight is 271 g/mol. The monoisotopic (exact) mass is 271 g/mol. The number of halogens is 1. The van der Waals surface area contributed by atoms with Gasteiger partial charge in [0, 0.05) is 22.6 Å². The average Bonchev–Trinajstić information content (AvgIpc) is 2.29. The summed E-state index contributed by atoms with van der Waals surface area (Å²) < 4.78 is 13.5. The SMILES string of the molecule is CC(C)(N)CSCc1cc(C(=O)NN)ccc1F. The Kier molecular flexibility index (Phi) is 5.13. The third-order valence-electron chi connectivity index (χ3n) is 2.17. The second kappa shape index (κ2) is 6.17. The quantitative estimate of drug-likeness (QED) is 0.429. The van der Waals surface area contributed by atoms with Gasteiger partial charge in [0.2, 0.25) is 0 Å². The normalized spacial score (nSPS) is 11.4. The fourth-order valence-electron chi connectivity index (χ4n) is 1.33. The summed E-state index contributed by atoms with van der Waals surface area (Å²) in [4.78, 5) is 11.3. The first-order chi connectivity index (χ1) is 8.33. The number of thioether (sulfide) groups is 1. The molecule has 6 heteroatoms. The third-order valence-corrected chi connectivity index (χ3v) is 3.63. The topological polar surface area (TPSA) is 81.1 Å². The number of rotatable bonds is 5. The van der Waals surface area contributed by atoms with Crippen LogP contribution in [0.5, 0.6) is 0 Å². The van der Waals surface area contributed by atoms with E-state index in [1.54, 1.807) is 0 Å². The van der Waals surface area contributed by atoms with Gasteiger partial charge in [0.1, 0.15) is 5.82 Å². The first kappa shape index (κ1) is 14.9. The van der Waals surface area contributed by atoms with Crippen LogP contribution < -0.4 is 17.0 Å². The van der Waals surface area contributed by atoms with Gasteiger partial charge < -0.3 is 5.73 Å². The first-order valence-corrected chi connectivity index (χ1v) is 6.65. The first-order valence-electron chi connectivity index (χ1n) is 5.49. The summed E-state index contributed by atoms with van der Waals surface area (Å²) >= 11 is 1.53. The van der Waals surface area contributed by atoms with Gasteiger partial charge in [-0.1, -0.05) is 0 Å². The van der Waals surface area contributed by atoms with Crippen molar-refractivity contribution in [3.8, 4) is 0 Å². The molecule has 1 amide bonds. The molecule has 4 nitrogen and oxygen atoms in total. The van der Waals surface area contributed by atoms with Crippen molar-refractivity contribution in [2.45, 2.75) is 25.1 Å². The van der Waals surface area contributed by atoms with E-state index in [4.69, 9.17) is 11.6 Å². The van der Waals surface area contributed by atoms with Crippen molar-refractivity contribution < 1.29 is 9.18 Å². The molecule has 1 rings (SSSR count). The van der Waals surface area contributed by atoms with Gasteiger partial charge >= 0.3 is 0 Å². The lowest BCUT2D eigenvalue weighted by Crippen LogP contribution is -2.34. The van der Waals surface area contributed by atoms with Crippen molar-refractivity contribution in [2.24, 2.45) is 11.6 Å². The van der Waals surface area contributed by atoms with Crippen LogP contribution in [0.1, 0.15) is 29.8 Å². The Morgan fingerprint density at radius 3 is 2.72 bits per heavy atom. The fraction of sp³-hybridized carbons (Fsp3) is 0.417. The molecule has 0 radical (unpaired) electrons. The second-order valence-corrected chi connectivity index (χ2v) is 5.75. The smallest absolute Gasteiger partial charge is 0.265 e. The molecule has 0 unspecified atom stereocenters. The summed E-state index contributed by atoms with van der Waals surface area (Å²) in [6.45, 7) is 3.82. The molecule has 1 aromatic rings. The zero-order valence-electron chi connectivity index (χ0n) is 10.5. The number of nitrogens with two attached hydrogens (primary N) is 2. The Morgan fingerprint density at radius 1 is 1.50 bits per heavy atom. The van der Waals surface area contributed by atoms with Crippen LogP contribution in [-0.2, 0) is 5.75 Å². The molecule has 100 valence electrons. The minimum atomic E-state index is -0.430. The highest BCUT2D eigenvalue weighted by Crippen LogP contribution is 2.20. The molecule has 1 aromatic carbocycles. The van der Waals surface area contributed by atoms with Crippen LogP contribution in [0, 0.1) is 5.82 Å². The zero-order valence-corrected chi connectivity index (χ0v) is 11.3. The lowest BCUT2D eigenvalue weighted by Gasteiger charge is -2.17. The number of amides is 1. The van der Waals surface area contributed by atoms with Crippen molar-refractivity contribution in [2.75, 3.05) is 5.75 Å². The van der Waals surface area contributed by atoms with Gasteiger partial charge in [0.15, 0.2) is 0 Å². The van der Waals surface area contributed by atoms with E-state index < -0.39 is 5.91 Å². The van der Waals surface area contributed by atoms with Gasteiger partial charge in [-0.3, -0.25) is 10.2 Å². The number of nitrogens with one attached hydrogen (secondary N) is 1. The van der Waals surface area contributed by atoms with Crippen molar-refractivity contribution in [3.05, 3.63) is 35.1 Å². The molecular formula is C12H18FN3OS. The van der Waals surface area contributed by atoms with Crippen LogP contribution in [0.15, 0.2) is 18.2 Å². The summed E-state index contributed by atoms with van der Waals surface area (Å²) in [5.74, 6) is 5.45. The van der Waals surface area contributed by atoms with E-state index in [1.807, 2.05) is 19.3 Å². The predicted molar refractivity (Wildman–Crippen MR) is 72.5 cm³/mol. The molecular weight excluding hydrogens is 253 g/mol. The Labute approximate surface area is 110 Å². The van der Waals surface area contributed by atoms with Crippen LogP contribution >= 0.6 is 11.8 Å². The Bertz CT molecular complexity index is 432. The number of hydrogen-bond donors (Lipinski definition) is 3. The Morgan fingerprint density at radius 2 is 2.17 bits per heavy atom. The van der Waals surface area contributed by atoms with Crippen LogP contribution in [0.2, 0.25) is 0 Å². The third kappa shape index (κ3) is 4.64. The van der Waals surface area contributed by atoms with Crippen molar-refractivity contribution >= 4 is 17.7 Å². The van der Waals surface area contributed by atoms with E-state index in [2.05, 4.69) is 0 Å². The van der Waals surface area contributed by atoms with E-state index in [0.717, 1.165) is 0 Å². The maximum Gasteiger partial charge on any atom is 0.265 e. The second-order valence-electron chi connectivity index (χ2n) is 4.76. The van der Waals surface area contributed by atoms with Gasteiger partial charge in [-0.15, -0.1) is 0 Å². The molecule has 0 aliphatic rings. The van der Waals surface area contributed by atoms with Crippen molar-refractivity contribution in [1.82, 2.24) is 5.43 Å². The highest BCUT2D eigenvalue weighted by molar-refractivity contribution is 7.98. The molecule has 0 spiro atoms. The van der Waals surface area contributed by atoms with Crippen LogP contribution in [0.25, 0.3) is 0 Å². The van der Waals surface area contributed by atoms with Gasteiger partial charge in [-0.25, -0.2) is 10.2 Å². The molecule has 0 heterocycles. The molecule has 0 fully saturated rings. The van der Waals surface area contributed by atoms with Crippen molar-refractivity contribution in [3.63, 3.8) is 0 Å². The number of benzene rings is 1. The number of nitrogen functional groups attached to an aromatic ring is 1. The molecule has 18 heavy (non-hydrogen) atoms. The highest BCUT2D eigenvalue weighted by Gasteiger charge is 2.12. The van der Waals surface area contributed by atoms with Gasteiger partial charge in [0.05, 0.1) is 0 Å². The van der Waals surface area contributed by atoms with Crippen LogP contribution in [-0.4, -0.2) is 17.2 Å². The summed E-state index contributed by atoms with van der Waals surface area (Å²) in [7, 11) is 0. The highest BCUT2D eigenvalue weighted by atomic mass is 32.2. The molecule has 5 N–H and O–H groups in total. The maximum atomic E-state index is 13.5. The maximum absolute atomic E-state index is 13.5. The van der Waals surface area contributed by atoms with Crippen molar-refractivity contribution in [1.29, 1.82) is 0 Å². The minimum Gasteiger partial charge on any atom is -0.325 e. The van der Waals surface area contributed by atoms with Gasteiger partial charge in [-0.2, -0.15) is 11.8 Å². The summed E-state index contributed by atoms with van der Waals surface area (Å²) in [6, 6.07) is 4.18. The Hall–Kier alpha value is -1.11. The van der Waals surface area contributed by atoms with E-state index >= 15 is 0 Å². The summed E-state index contributed by atoms with van der Waals surface area (Å²) in [5, 5.41) is 0. The largest absolute Gasteiger partial charge is 0.325 e. The molecule has 0 aromatic heterocycles.